The minimum atomic E-state index is 0. The van der Waals surface area contributed by atoms with Crippen molar-refractivity contribution < 1.29 is 4.79 Å². The molecule has 3 rings (SSSR count). The van der Waals surface area contributed by atoms with Crippen LogP contribution in [0.1, 0.15) is 5.56 Å². The molecule has 106 valence electrons. The SMILES string of the molecule is Cl.O=C=CN1CCNCC1Cc1c[nH]c2ccccc12. The van der Waals surface area contributed by atoms with E-state index in [1.807, 2.05) is 12.0 Å². The quantitative estimate of drug-likeness (QED) is 0.847. The number of nitrogens with zero attached hydrogens (tertiary/aromatic N) is 1. The summed E-state index contributed by atoms with van der Waals surface area (Å²) in [4.78, 5) is 16.0. The second-order valence-electron chi connectivity index (χ2n) is 4.91. The Balaban J connectivity index is 0.00000147. The van der Waals surface area contributed by atoms with E-state index in [1.54, 1.807) is 6.20 Å². The van der Waals surface area contributed by atoms with Gasteiger partial charge in [-0.1, -0.05) is 18.2 Å². The van der Waals surface area contributed by atoms with Crippen molar-refractivity contribution in [3.05, 3.63) is 42.2 Å². The Bertz CT molecular complexity index is 618. The van der Waals surface area contributed by atoms with Crippen molar-refractivity contribution in [2.75, 3.05) is 19.6 Å². The molecule has 0 spiro atoms. The van der Waals surface area contributed by atoms with E-state index >= 15 is 0 Å². The van der Waals surface area contributed by atoms with Crippen molar-refractivity contribution in [1.82, 2.24) is 15.2 Å². The average Bonchev–Trinajstić information content (AvgIpc) is 2.85. The monoisotopic (exact) mass is 291 g/mol. The zero-order valence-corrected chi connectivity index (χ0v) is 12.0. The number of aromatic nitrogens is 1. The molecule has 2 heterocycles. The summed E-state index contributed by atoms with van der Waals surface area (Å²) in [6.45, 7) is 2.68. The van der Waals surface area contributed by atoms with Gasteiger partial charge in [0.15, 0.2) is 0 Å². The van der Waals surface area contributed by atoms with Crippen LogP contribution >= 0.6 is 12.4 Å². The Morgan fingerprint density at radius 2 is 2.25 bits per heavy atom. The third-order valence-corrected chi connectivity index (χ3v) is 3.74. The standard InChI is InChI=1S/C15H17N3O.ClH/c19-8-7-18-6-5-16-11-13(18)9-12-10-17-15-4-2-1-3-14(12)15;/h1-4,7,10,13,16-17H,5-6,9,11H2;1H. The Kier molecular flexibility index (Phi) is 4.85. The van der Waals surface area contributed by atoms with Gasteiger partial charge < -0.3 is 15.2 Å². The zero-order chi connectivity index (χ0) is 13.1. The molecule has 5 heteroatoms. The summed E-state index contributed by atoms with van der Waals surface area (Å²) in [7, 11) is 0. The van der Waals surface area contributed by atoms with Gasteiger partial charge in [-0.25, -0.2) is 4.79 Å². The molecule has 20 heavy (non-hydrogen) atoms. The molecule has 2 N–H and O–H groups in total. The summed E-state index contributed by atoms with van der Waals surface area (Å²) in [5, 5.41) is 4.65. The number of piperazine rings is 1. The van der Waals surface area contributed by atoms with Gasteiger partial charge in [-0.05, 0) is 18.1 Å². The molecule has 1 aliphatic rings. The Morgan fingerprint density at radius 3 is 3.10 bits per heavy atom. The van der Waals surface area contributed by atoms with E-state index in [9.17, 15) is 4.79 Å². The summed E-state index contributed by atoms with van der Waals surface area (Å²) in [6, 6.07) is 8.63. The number of hydrogen-bond acceptors (Lipinski definition) is 3. The van der Waals surface area contributed by atoms with Gasteiger partial charge in [0.25, 0.3) is 0 Å². The molecular weight excluding hydrogens is 274 g/mol. The maximum absolute atomic E-state index is 10.6. The number of carbonyl (C=O) groups excluding carboxylic acids is 1. The van der Waals surface area contributed by atoms with Crippen LogP contribution in [-0.4, -0.2) is 41.5 Å². The second kappa shape index (κ2) is 6.62. The Morgan fingerprint density at radius 1 is 1.40 bits per heavy atom. The van der Waals surface area contributed by atoms with Gasteiger partial charge in [-0.2, -0.15) is 0 Å². The van der Waals surface area contributed by atoms with Gasteiger partial charge in [0.05, 0.1) is 6.20 Å². The van der Waals surface area contributed by atoms with E-state index < -0.39 is 0 Å². The fraction of sp³-hybridized carbons (Fsp3) is 0.333. The predicted molar refractivity (Wildman–Crippen MR) is 82.9 cm³/mol. The number of hydrogen-bond donors (Lipinski definition) is 2. The number of fused-ring (bicyclic) bond motifs is 1. The van der Waals surface area contributed by atoms with E-state index in [2.05, 4.69) is 39.6 Å². The van der Waals surface area contributed by atoms with Crippen molar-refractivity contribution in [1.29, 1.82) is 0 Å². The van der Waals surface area contributed by atoms with Crippen LogP contribution in [0.4, 0.5) is 0 Å². The van der Waals surface area contributed by atoms with Crippen molar-refractivity contribution in [2.24, 2.45) is 0 Å². The first-order valence-corrected chi connectivity index (χ1v) is 6.61. The highest BCUT2D eigenvalue weighted by Gasteiger charge is 2.21. The molecular formula is C15H18ClN3O. The van der Waals surface area contributed by atoms with E-state index in [0.29, 0.717) is 6.04 Å². The predicted octanol–water partition coefficient (Wildman–Crippen LogP) is 1.75. The number of aromatic amines is 1. The minimum Gasteiger partial charge on any atom is -0.363 e. The largest absolute Gasteiger partial charge is 0.363 e. The van der Waals surface area contributed by atoms with Crippen LogP contribution in [0.3, 0.4) is 0 Å². The lowest BCUT2D eigenvalue weighted by Crippen LogP contribution is -2.49. The summed E-state index contributed by atoms with van der Waals surface area (Å²) in [5.41, 5.74) is 2.47. The van der Waals surface area contributed by atoms with Gasteiger partial charge in [0, 0.05) is 42.8 Å². The fourth-order valence-electron chi connectivity index (χ4n) is 2.76. The van der Waals surface area contributed by atoms with Gasteiger partial charge >= 0.3 is 0 Å². The first-order chi connectivity index (χ1) is 9.38. The van der Waals surface area contributed by atoms with E-state index in [-0.39, 0.29) is 12.4 Å². The summed E-state index contributed by atoms with van der Waals surface area (Å²) >= 11 is 0. The normalized spacial score (nSPS) is 18.4. The molecule has 1 unspecified atom stereocenters. The minimum absolute atomic E-state index is 0. The number of H-pyrrole nitrogens is 1. The molecule has 1 aliphatic heterocycles. The molecule has 1 fully saturated rings. The summed E-state index contributed by atoms with van der Waals surface area (Å²) < 4.78 is 0. The van der Waals surface area contributed by atoms with Gasteiger partial charge in [-0.15, -0.1) is 12.4 Å². The van der Waals surface area contributed by atoms with Crippen LogP contribution in [0.2, 0.25) is 0 Å². The maximum Gasteiger partial charge on any atom is 0.142 e. The number of benzene rings is 1. The van der Waals surface area contributed by atoms with Crippen LogP contribution in [-0.2, 0) is 11.2 Å². The Hall–Kier alpha value is -1.74. The smallest absolute Gasteiger partial charge is 0.142 e. The molecule has 4 nitrogen and oxygen atoms in total. The van der Waals surface area contributed by atoms with Crippen molar-refractivity contribution in [2.45, 2.75) is 12.5 Å². The molecule has 1 atom stereocenters. The third kappa shape index (κ3) is 2.88. The number of nitrogens with one attached hydrogen (secondary N) is 2. The number of para-hydroxylation sites is 1. The molecule has 1 aromatic carbocycles. The Labute approximate surface area is 124 Å². The lowest BCUT2D eigenvalue weighted by molar-refractivity contribution is 0.229. The molecule has 0 amide bonds. The zero-order valence-electron chi connectivity index (χ0n) is 11.1. The molecule has 2 aromatic rings. The van der Waals surface area contributed by atoms with Gasteiger partial charge in [0.1, 0.15) is 5.94 Å². The van der Waals surface area contributed by atoms with Crippen LogP contribution in [0.15, 0.2) is 36.7 Å². The van der Waals surface area contributed by atoms with Crippen molar-refractivity contribution in [3.8, 4) is 0 Å². The molecule has 0 saturated carbocycles. The second-order valence-corrected chi connectivity index (χ2v) is 4.91. The van der Waals surface area contributed by atoms with Crippen LogP contribution < -0.4 is 5.32 Å². The van der Waals surface area contributed by atoms with Crippen molar-refractivity contribution in [3.63, 3.8) is 0 Å². The summed E-state index contributed by atoms with van der Waals surface area (Å²) in [5.74, 6) is 1.90. The fourth-order valence-corrected chi connectivity index (χ4v) is 2.76. The molecule has 0 aliphatic carbocycles. The van der Waals surface area contributed by atoms with Gasteiger partial charge in [-0.3, -0.25) is 0 Å². The molecule has 1 aromatic heterocycles. The lowest BCUT2D eigenvalue weighted by atomic mass is 10.0. The maximum atomic E-state index is 10.6. The number of halogens is 1. The molecule has 1 saturated heterocycles. The van der Waals surface area contributed by atoms with Crippen LogP contribution in [0.25, 0.3) is 10.9 Å². The highest BCUT2D eigenvalue weighted by Crippen LogP contribution is 2.21. The van der Waals surface area contributed by atoms with Crippen LogP contribution in [0, 0.1) is 0 Å². The molecule has 0 bridgehead atoms. The van der Waals surface area contributed by atoms with Crippen molar-refractivity contribution >= 4 is 29.3 Å². The first kappa shape index (κ1) is 14.7. The topological polar surface area (TPSA) is 48.1 Å². The van der Waals surface area contributed by atoms with Crippen LogP contribution in [0.5, 0.6) is 0 Å². The van der Waals surface area contributed by atoms with E-state index in [1.165, 1.54) is 16.5 Å². The molecule has 0 radical (unpaired) electrons. The highest BCUT2D eigenvalue weighted by molar-refractivity contribution is 5.85. The lowest BCUT2D eigenvalue weighted by Gasteiger charge is -2.34. The van der Waals surface area contributed by atoms with E-state index in [4.69, 9.17) is 0 Å². The van der Waals surface area contributed by atoms with Gasteiger partial charge in [0.2, 0.25) is 0 Å². The number of rotatable bonds is 3. The van der Waals surface area contributed by atoms with E-state index in [0.717, 1.165) is 26.1 Å². The average molecular weight is 292 g/mol. The third-order valence-electron chi connectivity index (χ3n) is 3.74. The first-order valence-electron chi connectivity index (χ1n) is 6.61. The highest BCUT2D eigenvalue weighted by atomic mass is 35.5. The summed E-state index contributed by atoms with van der Waals surface area (Å²) in [6.07, 6.45) is 4.54.